The molecule has 3 unspecified atom stereocenters. The number of ether oxygens (including phenoxy) is 2. The first-order chi connectivity index (χ1) is 6.97. The summed E-state index contributed by atoms with van der Waals surface area (Å²) in [6.07, 6.45) is -0.540. The molecular weight excluding hydrogens is 200 g/mol. The largest absolute Gasteiger partial charge is 0.394 e. The fourth-order valence-corrected chi connectivity index (χ4v) is 0.421. The van der Waals surface area contributed by atoms with E-state index < -0.39 is 6.10 Å². The second-order valence-electron chi connectivity index (χ2n) is 3.40. The van der Waals surface area contributed by atoms with Gasteiger partial charge < -0.3 is 24.8 Å². The Bertz CT molecular complexity index is 108. The molecule has 0 aromatic carbocycles. The van der Waals surface area contributed by atoms with Crippen LogP contribution in [-0.2, 0) is 9.47 Å². The van der Waals surface area contributed by atoms with E-state index in [2.05, 4.69) is 0 Å². The highest BCUT2D eigenvalue weighted by atomic mass is 16.5. The Morgan fingerprint density at radius 1 is 1.00 bits per heavy atom. The Morgan fingerprint density at radius 3 is 1.73 bits per heavy atom. The summed E-state index contributed by atoms with van der Waals surface area (Å²) in [4.78, 5) is 0. The molecule has 0 aromatic rings. The van der Waals surface area contributed by atoms with E-state index in [0.29, 0.717) is 6.61 Å². The molecule has 0 bridgehead atoms. The quantitative estimate of drug-likeness (QED) is 0.581. The second-order valence-corrected chi connectivity index (χ2v) is 3.40. The number of methoxy groups -OCH3 is 1. The van der Waals surface area contributed by atoms with Gasteiger partial charge in [0.05, 0.1) is 38.1 Å². The van der Waals surface area contributed by atoms with E-state index in [9.17, 15) is 0 Å². The van der Waals surface area contributed by atoms with Crippen LogP contribution in [0.15, 0.2) is 0 Å². The minimum atomic E-state index is -0.560. The summed E-state index contributed by atoms with van der Waals surface area (Å²) >= 11 is 0. The van der Waals surface area contributed by atoms with E-state index in [1.54, 1.807) is 7.11 Å². The highest BCUT2D eigenvalue weighted by molar-refractivity contribution is 4.49. The summed E-state index contributed by atoms with van der Waals surface area (Å²) < 4.78 is 10.1. The smallest absolute Gasteiger partial charge is 0.0779 e. The number of rotatable bonds is 6. The van der Waals surface area contributed by atoms with Crippen molar-refractivity contribution in [3.8, 4) is 0 Å². The van der Waals surface area contributed by atoms with Crippen molar-refractivity contribution < 1.29 is 24.8 Å². The van der Waals surface area contributed by atoms with Crippen molar-refractivity contribution in [3.05, 3.63) is 0 Å². The van der Waals surface area contributed by atoms with Crippen LogP contribution in [0.5, 0.6) is 0 Å². The van der Waals surface area contributed by atoms with Gasteiger partial charge in [0, 0.05) is 7.11 Å². The molecule has 0 heterocycles. The first-order valence-corrected chi connectivity index (χ1v) is 5.02. The third kappa shape index (κ3) is 16.5. The van der Waals surface area contributed by atoms with Gasteiger partial charge in [-0.05, 0) is 20.8 Å². The Morgan fingerprint density at radius 2 is 1.47 bits per heavy atom. The van der Waals surface area contributed by atoms with Crippen molar-refractivity contribution in [2.75, 3.05) is 26.9 Å². The topological polar surface area (TPSA) is 79.2 Å². The minimum Gasteiger partial charge on any atom is -0.394 e. The van der Waals surface area contributed by atoms with E-state index in [4.69, 9.17) is 24.8 Å². The summed E-state index contributed by atoms with van der Waals surface area (Å²) in [5, 5.41) is 24.6. The van der Waals surface area contributed by atoms with Crippen LogP contribution in [0.2, 0.25) is 0 Å². The van der Waals surface area contributed by atoms with E-state index in [0.717, 1.165) is 0 Å². The summed E-state index contributed by atoms with van der Waals surface area (Å²) in [5.74, 6) is 0. The van der Waals surface area contributed by atoms with E-state index in [-0.39, 0.29) is 25.4 Å². The van der Waals surface area contributed by atoms with E-state index in [1.165, 1.54) is 6.92 Å². The lowest BCUT2D eigenvalue weighted by Gasteiger charge is -2.13. The molecule has 3 atom stereocenters. The molecule has 0 aliphatic heterocycles. The van der Waals surface area contributed by atoms with Crippen molar-refractivity contribution in [2.45, 2.75) is 39.1 Å². The van der Waals surface area contributed by atoms with Crippen molar-refractivity contribution >= 4 is 0 Å². The lowest BCUT2D eigenvalue weighted by atomic mass is 10.4. The van der Waals surface area contributed by atoms with Crippen molar-refractivity contribution in [3.63, 3.8) is 0 Å². The Kier molecular flexibility index (Phi) is 13.6. The summed E-state index contributed by atoms with van der Waals surface area (Å²) in [6.45, 7) is 5.74. The van der Waals surface area contributed by atoms with Crippen LogP contribution in [0.1, 0.15) is 20.8 Å². The Balaban J connectivity index is 0. The average molecular weight is 224 g/mol. The molecule has 0 saturated heterocycles. The first kappa shape index (κ1) is 17.2. The first-order valence-electron chi connectivity index (χ1n) is 5.02. The molecule has 0 amide bonds. The van der Waals surface area contributed by atoms with Gasteiger partial charge in [-0.2, -0.15) is 0 Å². The molecule has 0 saturated carbocycles. The van der Waals surface area contributed by atoms with Crippen molar-refractivity contribution in [1.29, 1.82) is 0 Å². The van der Waals surface area contributed by atoms with E-state index in [1.807, 2.05) is 13.8 Å². The van der Waals surface area contributed by atoms with Gasteiger partial charge in [0.2, 0.25) is 0 Å². The van der Waals surface area contributed by atoms with Crippen LogP contribution in [0, 0.1) is 0 Å². The zero-order valence-corrected chi connectivity index (χ0v) is 10.0. The molecule has 0 aliphatic rings. The van der Waals surface area contributed by atoms with Crippen molar-refractivity contribution in [2.24, 2.45) is 0 Å². The maximum atomic E-state index is 8.55. The zero-order chi connectivity index (χ0) is 12.3. The van der Waals surface area contributed by atoms with Gasteiger partial charge in [-0.15, -0.1) is 0 Å². The number of hydrogen-bond acceptors (Lipinski definition) is 5. The highest BCUT2D eigenvalue weighted by Gasteiger charge is 2.03. The molecule has 0 aliphatic carbocycles. The molecule has 3 N–H and O–H groups in total. The van der Waals surface area contributed by atoms with Gasteiger partial charge in [-0.3, -0.25) is 0 Å². The second kappa shape index (κ2) is 11.9. The van der Waals surface area contributed by atoms with Crippen LogP contribution in [0.25, 0.3) is 0 Å². The molecule has 0 spiro atoms. The molecule has 15 heavy (non-hydrogen) atoms. The van der Waals surface area contributed by atoms with Gasteiger partial charge in [-0.25, -0.2) is 0 Å². The highest BCUT2D eigenvalue weighted by Crippen LogP contribution is 1.93. The van der Waals surface area contributed by atoms with Gasteiger partial charge in [-0.1, -0.05) is 0 Å². The van der Waals surface area contributed by atoms with Gasteiger partial charge >= 0.3 is 0 Å². The van der Waals surface area contributed by atoms with Gasteiger partial charge in [0.15, 0.2) is 0 Å². The van der Waals surface area contributed by atoms with E-state index >= 15 is 0 Å². The maximum absolute atomic E-state index is 8.55. The lowest BCUT2D eigenvalue weighted by Crippen LogP contribution is -2.21. The monoisotopic (exact) mass is 224 g/mol. The summed E-state index contributed by atoms with van der Waals surface area (Å²) in [7, 11) is 1.64. The van der Waals surface area contributed by atoms with Crippen LogP contribution < -0.4 is 0 Å². The van der Waals surface area contributed by atoms with Crippen LogP contribution in [0.3, 0.4) is 0 Å². The molecule has 0 fully saturated rings. The zero-order valence-electron chi connectivity index (χ0n) is 10.0. The molecule has 0 radical (unpaired) electrons. The molecule has 5 nitrogen and oxygen atoms in total. The molecule has 5 heteroatoms. The Labute approximate surface area is 91.6 Å². The fraction of sp³-hybridized carbons (Fsp3) is 1.00. The molecule has 94 valence electrons. The van der Waals surface area contributed by atoms with Crippen molar-refractivity contribution in [1.82, 2.24) is 0 Å². The SMILES string of the molecule is CC(O)CO.COC(C)COC(C)CO. The third-order valence-corrected chi connectivity index (χ3v) is 1.54. The predicted octanol–water partition coefficient (Wildman–Crippen LogP) is -0.222. The van der Waals surface area contributed by atoms with Crippen LogP contribution in [-0.4, -0.2) is 60.6 Å². The number of hydrogen-bond donors (Lipinski definition) is 3. The number of aliphatic hydroxyl groups excluding tert-OH is 3. The molecular formula is C10H24O5. The summed E-state index contributed by atoms with van der Waals surface area (Å²) in [5.41, 5.74) is 0. The predicted molar refractivity (Wildman–Crippen MR) is 57.7 cm³/mol. The van der Waals surface area contributed by atoms with Gasteiger partial charge in [0.25, 0.3) is 0 Å². The average Bonchev–Trinajstić information content (AvgIpc) is 2.25. The molecule has 0 aromatic heterocycles. The third-order valence-electron chi connectivity index (χ3n) is 1.54. The molecule has 0 rings (SSSR count). The Hall–Kier alpha value is -0.200. The standard InChI is InChI=1S/C7H16O3.C3H8O2/c1-6(4-8)10-5-7(2)9-3;1-3(5)2-4/h6-8H,4-5H2,1-3H3;3-5H,2H2,1H3. The van der Waals surface area contributed by atoms with Gasteiger partial charge in [0.1, 0.15) is 0 Å². The normalized spacial score (nSPS) is 16.2. The van der Waals surface area contributed by atoms with Crippen LogP contribution >= 0.6 is 0 Å². The lowest BCUT2D eigenvalue weighted by molar-refractivity contribution is -0.0313. The van der Waals surface area contributed by atoms with Crippen LogP contribution in [0.4, 0.5) is 0 Å². The summed E-state index contributed by atoms with van der Waals surface area (Å²) in [6, 6.07) is 0. The minimum absolute atomic E-state index is 0.0659. The number of aliphatic hydroxyl groups is 3. The maximum Gasteiger partial charge on any atom is 0.0779 e. The fourth-order valence-electron chi connectivity index (χ4n) is 0.421.